The van der Waals surface area contributed by atoms with Gasteiger partial charge in [-0.1, -0.05) is 36.4 Å². The lowest BCUT2D eigenvalue weighted by Crippen LogP contribution is -2.43. The monoisotopic (exact) mass is 630 g/mol. The molecule has 43 heavy (non-hydrogen) atoms. The second kappa shape index (κ2) is 14.1. The van der Waals surface area contributed by atoms with Crippen LogP contribution in [0.25, 0.3) is 0 Å². The summed E-state index contributed by atoms with van der Waals surface area (Å²) in [7, 11) is 0.0785. The minimum absolute atomic E-state index is 0.00192. The number of nitrogens with one attached hydrogen (secondary N) is 1. The van der Waals surface area contributed by atoms with Gasteiger partial charge in [0.05, 0.1) is 30.4 Å². The van der Waals surface area contributed by atoms with Gasteiger partial charge in [-0.25, -0.2) is 13.2 Å². The van der Waals surface area contributed by atoms with Gasteiger partial charge >= 0.3 is 5.97 Å². The number of thioether (sulfide) groups is 1. The van der Waals surface area contributed by atoms with Crippen LogP contribution in [-0.2, 0) is 44.1 Å². The van der Waals surface area contributed by atoms with Crippen molar-refractivity contribution in [3.8, 4) is 0 Å². The standard InChI is InChI=1S/C31H38N2O8S2/c1-33-19-27(40-24-7-3-5-23(6-4-8-24)30(35)38-2)42-31(33)32-29(34)28(41-25-15-17-39-18-16-25)22-11-9-21(10-12-22)20-43(36,37)26-13-14-26/h3,6-12,19,25-26,28,31H,4-5,13-18,20H2,1-2H3,(H,32,34)/b7-3-,23-6+,24-8+. The molecule has 2 aliphatic carbocycles. The quantitative estimate of drug-likeness (QED) is 0.356. The molecule has 2 atom stereocenters. The third-order valence-corrected chi connectivity index (χ3v) is 10.9. The average molecular weight is 631 g/mol. The van der Waals surface area contributed by atoms with Crippen LogP contribution in [0, 0.1) is 0 Å². The summed E-state index contributed by atoms with van der Waals surface area (Å²) < 4.78 is 47.6. The van der Waals surface area contributed by atoms with Gasteiger partial charge in [-0.15, -0.1) is 0 Å². The van der Waals surface area contributed by atoms with E-state index in [0.717, 1.165) is 12.8 Å². The maximum Gasteiger partial charge on any atom is 0.333 e. The van der Waals surface area contributed by atoms with Gasteiger partial charge in [0, 0.05) is 25.8 Å². The van der Waals surface area contributed by atoms with Gasteiger partial charge in [0.1, 0.15) is 5.76 Å². The maximum atomic E-state index is 13.7. The fraction of sp³-hybridized carbons (Fsp3) is 0.484. The van der Waals surface area contributed by atoms with E-state index >= 15 is 0 Å². The second-order valence-corrected chi connectivity index (χ2v) is 14.3. The van der Waals surface area contributed by atoms with E-state index in [1.807, 2.05) is 42.5 Å². The number of ether oxygens (including phenoxy) is 4. The number of carbonyl (C=O) groups is 2. The highest BCUT2D eigenvalue weighted by molar-refractivity contribution is 8.03. The number of carbonyl (C=O) groups excluding carboxylic acids is 2. The topological polar surface area (TPSA) is 120 Å². The number of amides is 1. The van der Waals surface area contributed by atoms with Crippen molar-refractivity contribution in [1.82, 2.24) is 10.2 Å². The number of nitrogens with zero attached hydrogens (tertiary/aromatic N) is 1. The van der Waals surface area contributed by atoms with E-state index in [2.05, 4.69) is 5.32 Å². The molecule has 2 unspecified atom stereocenters. The zero-order valence-electron chi connectivity index (χ0n) is 24.4. The van der Waals surface area contributed by atoms with Crippen molar-refractivity contribution in [2.45, 2.75) is 67.2 Å². The molecule has 1 amide bonds. The maximum absolute atomic E-state index is 13.7. The van der Waals surface area contributed by atoms with Crippen LogP contribution < -0.4 is 5.32 Å². The highest BCUT2D eigenvalue weighted by Crippen LogP contribution is 2.35. The summed E-state index contributed by atoms with van der Waals surface area (Å²) in [6.45, 7) is 1.15. The Balaban J connectivity index is 1.22. The van der Waals surface area contributed by atoms with Gasteiger partial charge in [-0.05, 0) is 73.6 Å². The molecule has 5 rings (SSSR count). The number of esters is 1. The lowest BCUT2D eigenvalue weighted by molar-refractivity contribution is -0.142. The Morgan fingerprint density at radius 2 is 1.86 bits per heavy atom. The van der Waals surface area contributed by atoms with E-state index in [4.69, 9.17) is 18.9 Å². The number of rotatable bonds is 11. The Morgan fingerprint density at radius 3 is 2.56 bits per heavy atom. The summed E-state index contributed by atoms with van der Waals surface area (Å²) in [5.74, 6) is 0.00789. The minimum Gasteiger partial charge on any atom is -0.466 e. The zero-order valence-corrected chi connectivity index (χ0v) is 26.0. The van der Waals surface area contributed by atoms with Crippen LogP contribution in [0.2, 0.25) is 0 Å². The van der Waals surface area contributed by atoms with Crippen LogP contribution in [0.1, 0.15) is 55.8 Å². The molecule has 0 bridgehead atoms. The molecule has 1 aromatic rings. The number of hydrogen-bond acceptors (Lipinski definition) is 10. The van der Waals surface area contributed by atoms with Crippen molar-refractivity contribution in [2.75, 3.05) is 27.4 Å². The summed E-state index contributed by atoms with van der Waals surface area (Å²) in [5.41, 5.74) is 1.54. The van der Waals surface area contributed by atoms with Crippen molar-refractivity contribution >= 4 is 33.5 Å². The number of methoxy groups -OCH3 is 1. The van der Waals surface area contributed by atoms with Crippen LogP contribution in [-0.4, -0.2) is 69.4 Å². The number of hydrogen-bond donors (Lipinski definition) is 1. The number of sulfone groups is 1. The van der Waals surface area contributed by atoms with E-state index in [-0.39, 0.29) is 29.0 Å². The van der Waals surface area contributed by atoms with Crippen LogP contribution in [0.4, 0.5) is 0 Å². The predicted octanol–water partition coefficient (Wildman–Crippen LogP) is 4.23. The van der Waals surface area contributed by atoms with Crippen molar-refractivity contribution < 1.29 is 37.0 Å². The van der Waals surface area contributed by atoms with E-state index < -0.39 is 21.4 Å². The summed E-state index contributed by atoms with van der Waals surface area (Å²) in [6, 6.07) is 7.11. The Kier molecular flexibility index (Phi) is 10.3. The van der Waals surface area contributed by atoms with Crippen molar-refractivity contribution in [3.63, 3.8) is 0 Å². The van der Waals surface area contributed by atoms with E-state index in [1.165, 1.54) is 18.9 Å². The molecule has 1 N–H and O–H groups in total. The largest absolute Gasteiger partial charge is 0.466 e. The molecule has 12 heteroatoms. The van der Waals surface area contributed by atoms with E-state index in [1.54, 1.807) is 24.3 Å². The molecule has 1 saturated heterocycles. The van der Waals surface area contributed by atoms with Gasteiger partial charge in [0.25, 0.3) is 5.91 Å². The Labute approximate surface area is 257 Å². The highest BCUT2D eigenvalue weighted by Gasteiger charge is 2.36. The molecule has 232 valence electrons. The van der Waals surface area contributed by atoms with Crippen LogP contribution in [0.5, 0.6) is 0 Å². The molecule has 10 nitrogen and oxygen atoms in total. The molecule has 0 radical (unpaired) electrons. The first kappa shape index (κ1) is 31.4. The van der Waals surface area contributed by atoms with Crippen molar-refractivity contribution in [2.24, 2.45) is 0 Å². The highest BCUT2D eigenvalue weighted by atomic mass is 32.2. The van der Waals surface area contributed by atoms with Crippen LogP contribution in [0.3, 0.4) is 0 Å². The molecule has 0 aromatic heterocycles. The fourth-order valence-corrected chi connectivity index (χ4v) is 7.70. The molecule has 4 aliphatic rings. The Bertz CT molecular complexity index is 1410. The molecule has 1 saturated carbocycles. The Hall–Kier alpha value is -3.06. The molecule has 2 aliphatic heterocycles. The first-order valence-electron chi connectivity index (χ1n) is 14.5. The minimum atomic E-state index is -3.14. The summed E-state index contributed by atoms with van der Waals surface area (Å²) >= 11 is 1.36. The fourth-order valence-electron chi connectivity index (χ4n) is 4.96. The molecule has 1 aromatic carbocycles. The lowest BCUT2D eigenvalue weighted by Gasteiger charge is -2.29. The molecule has 2 fully saturated rings. The van der Waals surface area contributed by atoms with Gasteiger partial charge in [-0.3, -0.25) is 4.79 Å². The average Bonchev–Trinajstić information content (AvgIpc) is 3.79. The Morgan fingerprint density at radius 1 is 1.12 bits per heavy atom. The summed E-state index contributed by atoms with van der Waals surface area (Å²) in [6.07, 6.45) is 12.0. The van der Waals surface area contributed by atoms with E-state index in [9.17, 15) is 18.0 Å². The molecule has 0 spiro atoms. The molecule has 2 heterocycles. The molecular formula is C31H38N2O8S2. The van der Waals surface area contributed by atoms with Crippen molar-refractivity contribution in [1.29, 1.82) is 0 Å². The number of allylic oxidation sites excluding steroid dienone is 4. The first-order valence-corrected chi connectivity index (χ1v) is 17.1. The van der Waals surface area contributed by atoms with Crippen LogP contribution in [0.15, 0.2) is 71.2 Å². The SMILES string of the molecule is COC(=O)/C1=C/C/C=C(OC2=CN(C)C(NC(=O)C(OC3CCOCC3)c3ccc(CS(=O)(=O)C4CC4)cc3)S2)\C=C/C1. The first-order chi connectivity index (χ1) is 20.7. The van der Waals surface area contributed by atoms with Gasteiger partial charge < -0.3 is 29.2 Å². The van der Waals surface area contributed by atoms with Gasteiger partial charge in [-0.2, -0.15) is 0 Å². The van der Waals surface area contributed by atoms with Gasteiger partial charge in [0.2, 0.25) is 0 Å². The lowest BCUT2D eigenvalue weighted by atomic mass is 10.1. The molecular weight excluding hydrogens is 592 g/mol. The summed E-state index contributed by atoms with van der Waals surface area (Å²) in [4.78, 5) is 27.4. The third kappa shape index (κ3) is 8.53. The third-order valence-electron chi connectivity index (χ3n) is 7.56. The zero-order chi connectivity index (χ0) is 30.4. The predicted molar refractivity (Wildman–Crippen MR) is 163 cm³/mol. The van der Waals surface area contributed by atoms with Crippen LogP contribution >= 0.6 is 11.8 Å². The number of benzene rings is 1. The smallest absolute Gasteiger partial charge is 0.333 e. The van der Waals surface area contributed by atoms with E-state index in [0.29, 0.717) is 66.4 Å². The van der Waals surface area contributed by atoms with Crippen molar-refractivity contribution in [3.05, 3.63) is 82.3 Å². The second-order valence-electron chi connectivity index (χ2n) is 10.9. The summed E-state index contributed by atoms with van der Waals surface area (Å²) in [5, 5.41) is 3.47. The van der Waals surface area contributed by atoms with Gasteiger partial charge in [0.15, 0.2) is 26.5 Å². The normalized spacial score (nSPS) is 25.2.